The number of carbonyl (C=O) groups is 1. The fraction of sp³-hybridized carbons (Fsp3) is 0.316. The van der Waals surface area contributed by atoms with Crippen LogP contribution >= 0.6 is 0 Å². The standard InChI is InChI=1S/C19H19F3N2O/c1-3-23-13(2)12-24(17-7-5-4-6-16(17)23)18(25)14-8-10-15(11-9-14)19(20,21)22/h4-11,13H,3,12H2,1-2H3. The summed E-state index contributed by atoms with van der Waals surface area (Å²) in [6.07, 6.45) is -4.41. The van der Waals surface area contributed by atoms with E-state index in [9.17, 15) is 18.0 Å². The molecule has 0 bridgehead atoms. The first-order valence-corrected chi connectivity index (χ1v) is 8.17. The van der Waals surface area contributed by atoms with Crippen LogP contribution < -0.4 is 9.80 Å². The van der Waals surface area contributed by atoms with E-state index >= 15 is 0 Å². The second-order valence-corrected chi connectivity index (χ2v) is 6.11. The molecule has 2 aromatic rings. The summed E-state index contributed by atoms with van der Waals surface area (Å²) in [7, 11) is 0. The molecule has 0 aliphatic carbocycles. The van der Waals surface area contributed by atoms with E-state index in [1.807, 2.05) is 31.2 Å². The number of benzene rings is 2. The lowest BCUT2D eigenvalue weighted by Crippen LogP contribution is -2.49. The molecule has 132 valence electrons. The fourth-order valence-corrected chi connectivity index (χ4v) is 3.27. The van der Waals surface area contributed by atoms with Crippen LogP contribution in [0.15, 0.2) is 48.5 Å². The van der Waals surface area contributed by atoms with Crippen LogP contribution in [0.5, 0.6) is 0 Å². The van der Waals surface area contributed by atoms with Gasteiger partial charge in [-0.25, -0.2) is 0 Å². The number of carbonyl (C=O) groups excluding carboxylic acids is 1. The van der Waals surface area contributed by atoms with Gasteiger partial charge in [0.25, 0.3) is 5.91 Å². The monoisotopic (exact) mass is 348 g/mol. The van der Waals surface area contributed by atoms with Gasteiger partial charge in [0.1, 0.15) is 0 Å². The van der Waals surface area contributed by atoms with Crippen LogP contribution in [0.25, 0.3) is 0 Å². The van der Waals surface area contributed by atoms with Crippen LogP contribution in [0.3, 0.4) is 0 Å². The highest BCUT2D eigenvalue weighted by Gasteiger charge is 2.33. The highest BCUT2D eigenvalue weighted by Crippen LogP contribution is 2.36. The Balaban J connectivity index is 1.95. The number of likely N-dealkylation sites (N-methyl/N-ethyl adjacent to an activating group) is 1. The average Bonchev–Trinajstić information content (AvgIpc) is 2.60. The summed E-state index contributed by atoms with van der Waals surface area (Å²) in [6, 6.07) is 12.1. The Morgan fingerprint density at radius 2 is 1.68 bits per heavy atom. The first-order valence-electron chi connectivity index (χ1n) is 8.17. The van der Waals surface area contributed by atoms with Gasteiger partial charge in [-0.05, 0) is 50.2 Å². The summed E-state index contributed by atoms with van der Waals surface area (Å²) < 4.78 is 38.1. The van der Waals surface area contributed by atoms with Crippen molar-refractivity contribution in [2.45, 2.75) is 26.1 Å². The number of para-hydroxylation sites is 2. The Hall–Kier alpha value is -2.50. The Kier molecular flexibility index (Phi) is 4.45. The molecule has 0 N–H and O–H groups in total. The van der Waals surface area contributed by atoms with E-state index in [1.54, 1.807) is 4.90 Å². The van der Waals surface area contributed by atoms with E-state index in [0.29, 0.717) is 6.54 Å². The van der Waals surface area contributed by atoms with E-state index in [0.717, 1.165) is 30.1 Å². The number of fused-ring (bicyclic) bond motifs is 1. The van der Waals surface area contributed by atoms with Crippen LogP contribution in [-0.4, -0.2) is 25.0 Å². The predicted molar refractivity (Wildman–Crippen MR) is 92.0 cm³/mol. The van der Waals surface area contributed by atoms with Crippen molar-refractivity contribution in [3.63, 3.8) is 0 Å². The zero-order valence-corrected chi connectivity index (χ0v) is 14.0. The summed E-state index contributed by atoms with van der Waals surface area (Å²) in [6.45, 7) is 5.40. The van der Waals surface area contributed by atoms with Gasteiger partial charge in [-0.1, -0.05) is 12.1 Å². The van der Waals surface area contributed by atoms with Gasteiger partial charge >= 0.3 is 6.18 Å². The van der Waals surface area contributed by atoms with E-state index in [1.165, 1.54) is 12.1 Å². The van der Waals surface area contributed by atoms with Gasteiger partial charge in [0.2, 0.25) is 0 Å². The number of hydrogen-bond acceptors (Lipinski definition) is 2. The SMILES string of the molecule is CCN1c2ccccc2N(C(=O)c2ccc(C(F)(F)F)cc2)CC1C. The number of amides is 1. The van der Waals surface area contributed by atoms with E-state index in [4.69, 9.17) is 0 Å². The fourth-order valence-electron chi connectivity index (χ4n) is 3.27. The molecule has 0 aromatic heterocycles. The molecule has 25 heavy (non-hydrogen) atoms. The number of hydrogen-bond donors (Lipinski definition) is 0. The Labute approximate surface area is 144 Å². The quantitative estimate of drug-likeness (QED) is 0.793. The molecular weight excluding hydrogens is 329 g/mol. The predicted octanol–water partition coefficient (Wildman–Crippen LogP) is 4.58. The summed E-state index contributed by atoms with van der Waals surface area (Å²) in [5.74, 6) is -0.288. The summed E-state index contributed by atoms with van der Waals surface area (Å²) in [5, 5.41) is 0. The van der Waals surface area contributed by atoms with E-state index < -0.39 is 11.7 Å². The van der Waals surface area contributed by atoms with Crippen molar-refractivity contribution in [3.8, 4) is 0 Å². The average molecular weight is 348 g/mol. The van der Waals surface area contributed by atoms with Gasteiger partial charge in [-0.15, -0.1) is 0 Å². The lowest BCUT2D eigenvalue weighted by Gasteiger charge is -2.42. The van der Waals surface area contributed by atoms with Crippen LogP contribution in [0.2, 0.25) is 0 Å². The first kappa shape index (κ1) is 17.3. The Bertz CT molecular complexity index is 771. The third-order valence-corrected chi connectivity index (χ3v) is 4.51. The highest BCUT2D eigenvalue weighted by molar-refractivity contribution is 6.08. The van der Waals surface area contributed by atoms with Crippen molar-refractivity contribution in [2.75, 3.05) is 22.9 Å². The topological polar surface area (TPSA) is 23.6 Å². The molecule has 0 saturated heterocycles. The van der Waals surface area contributed by atoms with Gasteiger partial charge in [0.05, 0.1) is 16.9 Å². The zero-order chi connectivity index (χ0) is 18.2. The molecule has 1 aliphatic rings. The van der Waals surface area contributed by atoms with Gasteiger partial charge in [0, 0.05) is 24.7 Å². The molecule has 1 amide bonds. The Morgan fingerprint density at radius 3 is 2.24 bits per heavy atom. The van der Waals surface area contributed by atoms with Crippen molar-refractivity contribution < 1.29 is 18.0 Å². The third kappa shape index (κ3) is 3.21. The normalized spacial score (nSPS) is 17.4. The number of halogens is 3. The van der Waals surface area contributed by atoms with Crippen molar-refractivity contribution in [2.24, 2.45) is 0 Å². The van der Waals surface area contributed by atoms with Crippen LogP contribution in [0, 0.1) is 0 Å². The van der Waals surface area contributed by atoms with Crippen molar-refractivity contribution in [1.82, 2.24) is 0 Å². The van der Waals surface area contributed by atoms with Crippen LogP contribution in [0.1, 0.15) is 29.8 Å². The molecule has 1 aliphatic heterocycles. The van der Waals surface area contributed by atoms with Gasteiger partial charge in [0.15, 0.2) is 0 Å². The molecule has 2 aromatic carbocycles. The maximum atomic E-state index is 12.9. The maximum Gasteiger partial charge on any atom is 0.416 e. The molecule has 0 spiro atoms. The summed E-state index contributed by atoms with van der Waals surface area (Å²) in [5.41, 5.74) is 1.24. The van der Waals surface area contributed by atoms with E-state index in [2.05, 4.69) is 11.8 Å². The minimum absolute atomic E-state index is 0.123. The molecule has 1 heterocycles. The number of nitrogens with zero attached hydrogens (tertiary/aromatic N) is 2. The molecule has 0 saturated carbocycles. The molecule has 3 nitrogen and oxygen atoms in total. The van der Waals surface area contributed by atoms with Crippen molar-refractivity contribution >= 4 is 17.3 Å². The lowest BCUT2D eigenvalue weighted by atomic mass is 10.0. The molecular formula is C19H19F3N2O. The lowest BCUT2D eigenvalue weighted by molar-refractivity contribution is -0.137. The minimum atomic E-state index is -4.41. The molecule has 1 unspecified atom stereocenters. The second-order valence-electron chi connectivity index (χ2n) is 6.11. The number of alkyl halides is 3. The zero-order valence-electron chi connectivity index (χ0n) is 14.0. The largest absolute Gasteiger partial charge is 0.416 e. The Morgan fingerprint density at radius 1 is 1.08 bits per heavy atom. The van der Waals surface area contributed by atoms with E-state index in [-0.39, 0.29) is 17.5 Å². The minimum Gasteiger partial charge on any atom is -0.366 e. The summed E-state index contributed by atoms with van der Waals surface area (Å²) >= 11 is 0. The molecule has 0 fully saturated rings. The smallest absolute Gasteiger partial charge is 0.366 e. The maximum absolute atomic E-state index is 12.9. The van der Waals surface area contributed by atoms with Crippen molar-refractivity contribution in [1.29, 1.82) is 0 Å². The second kappa shape index (κ2) is 6.43. The molecule has 3 rings (SSSR count). The molecule has 1 atom stereocenters. The van der Waals surface area contributed by atoms with Crippen molar-refractivity contribution in [3.05, 3.63) is 59.7 Å². The van der Waals surface area contributed by atoms with Crippen LogP contribution in [0.4, 0.5) is 24.5 Å². The molecule has 0 radical (unpaired) electrons. The van der Waals surface area contributed by atoms with Gasteiger partial charge < -0.3 is 9.80 Å². The summed E-state index contributed by atoms with van der Waals surface area (Å²) in [4.78, 5) is 16.8. The number of anilines is 2. The first-order chi connectivity index (χ1) is 11.8. The van der Waals surface area contributed by atoms with Crippen LogP contribution in [-0.2, 0) is 6.18 Å². The number of rotatable bonds is 2. The third-order valence-electron chi connectivity index (χ3n) is 4.51. The van der Waals surface area contributed by atoms with Gasteiger partial charge in [-0.3, -0.25) is 4.79 Å². The molecule has 6 heteroatoms. The highest BCUT2D eigenvalue weighted by atomic mass is 19.4. The van der Waals surface area contributed by atoms with Gasteiger partial charge in [-0.2, -0.15) is 13.2 Å².